The number of aryl methyl sites for hydroxylation is 4. The van der Waals surface area contributed by atoms with Crippen molar-refractivity contribution in [2.45, 2.75) is 33.1 Å². The molecule has 2 aromatic carbocycles. The SMILES string of the molecule is CCc1cc(CCc2ccc(OC)c(OC)c2)cc(C)c1OC. The Morgan fingerprint density at radius 2 is 1.48 bits per heavy atom. The summed E-state index contributed by atoms with van der Waals surface area (Å²) in [5.74, 6) is 2.57. The Labute approximate surface area is 139 Å². The lowest BCUT2D eigenvalue weighted by molar-refractivity contribution is 0.354. The molecule has 0 fully saturated rings. The monoisotopic (exact) mass is 314 g/mol. The smallest absolute Gasteiger partial charge is 0.160 e. The van der Waals surface area contributed by atoms with Crippen molar-refractivity contribution in [3.8, 4) is 17.2 Å². The van der Waals surface area contributed by atoms with Crippen molar-refractivity contribution in [1.82, 2.24) is 0 Å². The first kappa shape index (κ1) is 17.2. The largest absolute Gasteiger partial charge is 0.496 e. The Morgan fingerprint density at radius 3 is 2.09 bits per heavy atom. The van der Waals surface area contributed by atoms with Crippen LogP contribution >= 0.6 is 0 Å². The van der Waals surface area contributed by atoms with Crippen LogP contribution in [-0.2, 0) is 19.3 Å². The molecule has 3 nitrogen and oxygen atoms in total. The van der Waals surface area contributed by atoms with Gasteiger partial charge in [0.2, 0.25) is 0 Å². The van der Waals surface area contributed by atoms with E-state index in [9.17, 15) is 0 Å². The topological polar surface area (TPSA) is 27.7 Å². The first-order chi connectivity index (χ1) is 11.1. The highest BCUT2D eigenvalue weighted by atomic mass is 16.5. The van der Waals surface area contributed by atoms with Gasteiger partial charge in [-0.25, -0.2) is 0 Å². The highest BCUT2D eigenvalue weighted by Crippen LogP contribution is 2.29. The van der Waals surface area contributed by atoms with Crippen molar-refractivity contribution in [3.05, 3.63) is 52.6 Å². The van der Waals surface area contributed by atoms with Crippen LogP contribution in [0, 0.1) is 6.92 Å². The van der Waals surface area contributed by atoms with Gasteiger partial charge in [-0.3, -0.25) is 0 Å². The molecule has 0 saturated heterocycles. The second-order valence-electron chi connectivity index (χ2n) is 5.65. The van der Waals surface area contributed by atoms with Crippen molar-refractivity contribution >= 4 is 0 Å². The zero-order chi connectivity index (χ0) is 16.8. The van der Waals surface area contributed by atoms with Gasteiger partial charge in [0, 0.05) is 0 Å². The number of ether oxygens (including phenoxy) is 3. The third-order valence-corrected chi connectivity index (χ3v) is 4.15. The molecule has 0 saturated carbocycles. The molecule has 2 aromatic rings. The molecule has 0 aromatic heterocycles. The van der Waals surface area contributed by atoms with E-state index in [-0.39, 0.29) is 0 Å². The summed E-state index contributed by atoms with van der Waals surface area (Å²) in [4.78, 5) is 0. The number of hydrogen-bond acceptors (Lipinski definition) is 3. The summed E-state index contributed by atoms with van der Waals surface area (Å²) >= 11 is 0. The van der Waals surface area contributed by atoms with E-state index in [4.69, 9.17) is 14.2 Å². The maximum absolute atomic E-state index is 5.51. The fraction of sp³-hybridized carbons (Fsp3) is 0.400. The van der Waals surface area contributed by atoms with Crippen LogP contribution in [-0.4, -0.2) is 21.3 Å². The van der Waals surface area contributed by atoms with E-state index in [0.717, 1.165) is 36.5 Å². The minimum absolute atomic E-state index is 0.768. The molecule has 0 unspecified atom stereocenters. The van der Waals surface area contributed by atoms with Crippen molar-refractivity contribution in [3.63, 3.8) is 0 Å². The molecule has 0 amide bonds. The molecule has 0 aliphatic rings. The average Bonchev–Trinajstić information content (AvgIpc) is 2.58. The third kappa shape index (κ3) is 3.98. The minimum Gasteiger partial charge on any atom is -0.496 e. The summed E-state index contributed by atoms with van der Waals surface area (Å²) in [6.07, 6.45) is 2.94. The number of rotatable bonds is 7. The number of hydrogen-bond donors (Lipinski definition) is 0. The first-order valence-corrected chi connectivity index (χ1v) is 8.00. The molecule has 0 aliphatic heterocycles. The van der Waals surface area contributed by atoms with Gasteiger partial charge in [0.25, 0.3) is 0 Å². The summed E-state index contributed by atoms with van der Waals surface area (Å²) in [5, 5.41) is 0. The zero-order valence-corrected chi connectivity index (χ0v) is 14.7. The van der Waals surface area contributed by atoms with E-state index in [0.29, 0.717) is 0 Å². The van der Waals surface area contributed by atoms with E-state index < -0.39 is 0 Å². The predicted octanol–water partition coefficient (Wildman–Crippen LogP) is 4.37. The van der Waals surface area contributed by atoms with Gasteiger partial charge in [-0.15, -0.1) is 0 Å². The van der Waals surface area contributed by atoms with E-state index >= 15 is 0 Å². The predicted molar refractivity (Wildman–Crippen MR) is 94.1 cm³/mol. The van der Waals surface area contributed by atoms with E-state index in [2.05, 4.69) is 38.1 Å². The third-order valence-electron chi connectivity index (χ3n) is 4.15. The lowest BCUT2D eigenvalue weighted by Gasteiger charge is -2.13. The van der Waals surface area contributed by atoms with Crippen molar-refractivity contribution in [2.75, 3.05) is 21.3 Å². The van der Waals surface area contributed by atoms with Crippen molar-refractivity contribution in [1.29, 1.82) is 0 Å². The first-order valence-electron chi connectivity index (χ1n) is 8.00. The van der Waals surface area contributed by atoms with Crippen molar-refractivity contribution < 1.29 is 14.2 Å². The van der Waals surface area contributed by atoms with Gasteiger partial charge in [0.05, 0.1) is 21.3 Å². The van der Waals surface area contributed by atoms with Gasteiger partial charge < -0.3 is 14.2 Å². The second-order valence-corrected chi connectivity index (χ2v) is 5.65. The molecule has 0 spiro atoms. The lowest BCUT2D eigenvalue weighted by Crippen LogP contribution is -1.99. The summed E-state index contributed by atoms with van der Waals surface area (Å²) in [5.41, 5.74) is 5.06. The molecule has 0 bridgehead atoms. The van der Waals surface area contributed by atoms with Crippen LogP contribution in [0.1, 0.15) is 29.2 Å². The van der Waals surface area contributed by atoms with Gasteiger partial charge >= 0.3 is 0 Å². The van der Waals surface area contributed by atoms with Crippen LogP contribution in [0.4, 0.5) is 0 Å². The molecular formula is C20H26O3. The molecule has 0 atom stereocenters. The average molecular weight is 314 g/mol. The minimum atomic E-state index is 0.768. The fourth-order valence-corrected chi connectivity index (χ4v) is 2.95. The molecule has 3 heteroatoms. The molecular weight excluding hydrogens is 288 g/mol. The quantitative estimate of drug-likeness (QED) is 0.759. The number of methoxy groups -OCH3 is 3. The summed E-state index contributed by atoms with van der Waals surface area (Å²) in [6.45, 7) is 4.27. The molecule has 0 aliphatic carbocycles. The molecule has 124 valence electrons. The maximum Gasteiger partial charge on any atom is 0.160 e. The Bertz CT molecular complexity index is 662. The van der Waals surface area contributed by atoms with E-state index in [1.165, 1.54) is 22.3 Å². The van der Waals surface area contributed by atoms with Crippen molar-refractivity contribution in [2.24, 2.45) is 0 Å². The zero-order valence-electron chi connectivity index (χ0n) is 14.7. The Morgan fingerprint density at radius 1 is 0.783 bits per heavy atom. The lowest BCUT2D eigenvalue weighted by atomic mass is 9.98. The highest BCUT2D eigenvalue weighted by Gasteiger charge is 2.09. The second kappa shape index (κ2) is 7.91. The van der Waals surface area contributed by atoms with E-state index in [1.807, 2.05) is 6.07 Å². The van der Waals surface area contributed by atoms with Crippen LogP contribution in [0.25, 0.3) is 0 Å². The summed E-state index contributed by atoms with van der Waals surface area (Å²) in [7, 11) is 5.07. The molecule has 23 heavy (non-hydrogen) atoms. The van der Waals surface area contributed by atoms with Crippen LogP contribution < -0.4 is 14.2 Å². The maximum atomic E-state index is 5.51. The van der Waals surface area contributed by atoms with Crippen LogP contribution in [0.3, 0.4) is 0 Å². The Hall–Kier alpha value is -2.16. The van der Waals surface area contributed by atoms with Crippen LogP contribution in [0.5, 0.6) is 17.2 Å². The van der Waals surface area contributed by atoms with Gasteiger partial charge in [-0.05, 0) is 60.6 Å². The standard InChI is InChI=1S/C20H26O3/c1-6-17-12-16(11-14(2)20(17)23-5)8-7-15-9-10-18(21-3)19(13-15)22-4/h9-13H,6-8H2,1-5H3. The molecule has 0 radical (unpaired) electrons. The Kier molecular flexibility index (Phi) is 5.91. The molecule has 0 heterocycles. The summed E-state index contributed by atoms with van der Waals surface area (Å²) < 4.78 is 16.2. The van der Waals surface area contributed by atoms with E-state index in [1.54, 1.807) is 21.3 Å². The Balaban J connectivity index is 2.16. The number of benzene rings is 2. The van der Waals surface area contributed by atoms with Crippen LogP contribution in [0.15, 0.2) is 30.3 Å². The summed E-state index contributed by atoms with van der Waals surface area (Å²) in [6, 6.07) is 10.6. The fourth-order valence-electron chi connectivity index (χ4n) is 2.95. The van der Waals surface area contributed by atoms with Gasteiger partial charge in [0.15, 0.2) is 11.5 Å². The highest BCUT2D eigenvalue weighted by molar-refractivity contribution is 5.45. The van der Waals surface area contributed by atoms with Gasteiger partial charge in [-0.1, -0.05) is 25.1 Å². The molecule has 0 N–H and O–H groups in total. The normalized spacial score (nSPS) is 10.5. The van der Waals surface area contributed by atoms with Crippen LogP contribution in [0.2, 0.25) is 0 Å². The van der Waals surface area contributed by atoms with Gasteiger partial charge in [-0.2, -0.15) is 0 Å². The molecule has 2 rings (SSSR count). The van der Waals surface area contributed by atoms with Gasteiger partial charge in [0.1, 0.15) is 5.75 Å².